The van der Waals surface area contributed by atoms with Crippen LogP contribution in [0.25, 0.3) is 0 Å². The van der Waals surface area contributed by atoms with Crippen LogP contribution in [-0.4, -0.2) is 17.9 Å². The van der Waals surface area contributed by atoms with E-state index in [0.29, 0.717) is 11.4 Å². The van der Waals surface area contributed by atoms with Crippen LogP contribution in [-0.2, 0) is 16.0 Å². The zero-order valence-electron chi connectivity index (χ0n) is 14.1. The first-order valence-corrected chi connectivity index (χ1v) is 7.92. The van der Waals surface area contributed by atoms with E-state index >= 15 is 0 Å². The molecule has 0 aliphatic rings. The fraction of sp³-hybridized carbons (Fsp3) is 0.263. The van der Waals surface area contributed by atoms with Gasteiger partial charge < -0.3 is 15.4 Å². The van der Waals surface area contributed by atoms with Crippen molar-refractivity contribution in [1.82, 2.24) is 0 Å². The van der Waals surface area contributed by atoms with Gasteiger partial charge in [0.15, 0.2) is 6.10 Å². The van der Waals surface area contributed by atoms with Gasteiger partial charge in [-0.2, -0.15) is 0 Å². The Labute approximate surface area is 142 Å². The van der Waals surface area contributed by atoms with Gasteiger partial charge in [-0.3, -0.25) is 9.59 Å². The Balaban J connectivity index is 2.02. The number of anilines is 2. The number of amides is 2. The Hall–Kier alpha value is -2.82. The summed E-state index contributed by atoms with van der Waals surface area (Å²) in [5.74, 6) is 0.307. The molecule has 1 atom stereocenters. The van der Waals surface area contributed by atoms with Crippen molar-refractivity contribution >= 4 is 23.2 Å². The molecule has 0 aliphatic carbocycles. The number of rotatable bonds is 6. The molecule has 0 radical (unpaired) electrons. The molecular weight excluding hydrogens is 304 g/mol. The van der Waals surface area contributed by atoms with E-state index in [2.05, 4.69) is 10.6 Å². The van der Waals surface area contributed by atoms with Crippen molar-refractivity contribution < 1.29 is 14.3 Å². The molecule has 0 heterocycles. The lowest BCUT2D eigenvalue weighted by Crippen LogP contribution is -2.30. The van der Waals surface area contributed by atoms with Crippen LogP contribution in [0.15, 0.2) is 48.5 Å². The summed E-state index contributed by atoms with van der Waals surface area (Å²) in [6, 6.07) is 14.7. The van der Waals surface area contributed by atoms with Crippen molar-refractivity contribution in [2.45, 2.75) is 33.3 Å². The van der Waals surface area contributed by atoms with Crippen LogP contribution < -0.4 is 15.4 Å². The number of hydrogen-bond donors (Lipinski definition) is 2. The van der Waals surface area contributed by atoms with Crippen LogP contribution >= 0.6 is 0 Å². The Morgan fingerprint density at radius 2 is 1.71 bits per heavy atom. The molecule has 0 bridgehead atoms. The number of aryl methyl sites for hydroxylation is 1. The summed E-state index contributed by atoms with van der Waals surface area (Å²) in [5, 5.41) is 5.48. The molecule has 5 heteroatoms. The predicted molar refractivity (Wildman–Crippen MR) is 95.3 cm³/mol. The van der Waals surface area contributed by atoms with Gasteiger partial charge in [0.25, 0.3) is 5.91 Å². The van der Waals surface area contributed by atoms with E-state index in [9.17, 15) is 9.59 Å². The zero-order valence-corrected chi connectivity index (χ0v) is 14.1. The van der Waals surface area contributed by atoms with Crippen LogP contribution in [0.1, 0.15) is 26.3 Å². The second-order valence-corrected chi connectivity index (χ2v) is 5.47. The van der Waals surface area contributed by atoms with Crippen molar-refractivity contribution in [1.29, 1.82) is 0 Å². The number of nitrogens with one attached hydrogen (secondary N) is 2. The minimum atomic E-state index is -0.637. The highest BCUT2D eigenvalue weighted by Gasteiger charge is 2.16. The van der Waals surface area contributed by atoms with Crippen LogP contribution in [0.2, 0.25) is 0 Å². The monoisotopic (exact) mass is 326 g/mol. The first-order chi connectivity index (χ1) is 11.5. The molecule has 2 aromatic carbocycles. The lowest BCUT2D eigenvalue weighted by molar-refractivity contribution is -0.122. The molecule has 0 saturated heterocycles. The molecule has 0 aromatic heterocycles. The van der Waals surface area contributed by atoms with Crippen molar-refractivity contribution in [2.24, 2.45) is 0 Å². The molecule has 24 heavy (non-hydrogen) atoms. The second kappa shape index (κ2) is 8.15. The maximum Gasteiger partial charge on any atom is 0.265 e. The molecule has 0 unspecified atom stereocenters. The lowest BCUT2D eigenvalue weighted by atomic mass is 10.1. The SMILES string of the molecule is CCc1ccccc1O[C@@H](C)C(=O)Nc1cccc(NC(C)=O)c1. The average Bonchev–Trinajstić information content (AvgIpc) is 2.55. The maximum absolute atomic E-state index is 12.3. The van der Waals surface area contributed by atoms with Gasteiger partial charge in [0.1, 0.15) is 5.75 Å². The van der Waals surface area contributed by atoms with Crippen LogP contribution in [0.5, 0.6) is 5.75 Å². The van der Waals surface area contributed by atoms with Crippen molar-refractivity contribution in [3.63, 3.8) is 0 Å². The van der Waals surface area contributed by atoms with E-state index in [-0.39, 0.29) is 11.8 Å². The average molecular weight is 326 g/mol. The van der Waals surface area contributed by atoms with Crippen LogP contribution in [0.4, 0.5) is 11.4 Å². The Morgan fingerprint density at radius 1 is 1.04 bits per heavy atom. The van der Waals surface area contributed by atoms with E-state index in [4.69, 9.17) is 4.74 Å². The molecule has 0 fully saturated rings. The summed E-state index contributed by atoms with van der Waals surface area (Å²) in [6.45, 7) is 5.19. The second-order valence-electron chi connectivity index (χ2n) is 5.47. The highest BCUT2D eigenvalue weighted by molar-refractivity contribution is 5.95. The maximum atomic E-state index is 12.3. The molecule has 2 rings (SSSR count). The minimum Gasteiger partial charge on any atom is -0.481 e. The number of carbonyl (C=O) groups excluding carboxylic acids is 2. The molecule has 0 spiro atoms. The number of ether oxygens (including phenoxy) is 1. The fourth-order valence-electron chi connectivity index (χ4n) is 2.28. The first kappa shape index (κ1) is 17.5. The highest BCUT2D eigenvalue weighted by Crippen LogP contribution is 2.20. The first-order valence-electron chi connectivity index (χ1n) is 7.92. The van der Waals surface area contributed by atoms with Gasteiger partial charge in [-0.1, -0.05) is 31.2 Å². The van der Waals surface area contributed by atoms with Crippen LogP contribution in [0.3, 0.4) is 0 Å². The van der Waals surface area contributed by atoms with Gasteiger partial charge in [-0.25, -0.2) is 0 Å². The molecule has 2 amide bonds. The highest BCUT2D eigenvalue weighted by atomic mass is 16.5. The summed E-state index contributed by atoms with van der Waals surface area (Å²) < 4.78 is 5.78. The lowest BCUT2D eigenvalue weighted by Gasteiger charge is -2.17. The third kappa shape index (κ3) is 4.84. The van der Waals surface area contributed by atoms with Gasteiger partial charge in [0.05, 0.1) is 0 Å². The number of benzene rings is 2. The van der Waals surface area contributed by atoms with E-state index in [1.165, 1.54) is 6.92 Å². The van der Waals surface area contributed by atoms with Crippen molar-refractivity contribution in [2.75, 3.05) is 10.6 Å². The smallest absolute Gasteiger partial charge is 0.265 e. The minimum absolute atomic E-state index is 0.161. The molecule has 5 nitrogen and oxygen atoms in total. The van der Waals surface area contributed by atoms with E-state index < -0.39 is 6.10 Å². The molecule has 2 N–H and O–H groups in total. The number of carbonyl (C=O) groups is 2. The largest absolute Gasteiger partial charge is 0.481 e. The summed E-state index contributed by atoms with van der Waals surface area (Å²) in [5.41, 5.74) is 2.29. The Bertz CT molecular complexity index is 728. The molecular formula is C19H22N2O3. The molecule has 126 valence electrons. The standard InChI is InChI=1S/C19H22N2O3/c1-4-15-8-5-6-11-18(15)24-13(2)19(23)21-17-10-7-9-16(12-17)20-14(3)22/h5-13H,4H2,1-3H3,(H,20,22)(H,21,23)/t13-/m0/s1. The Morgan fingerprint density at radius 3 is 2.38 bits per heavy atom. The van der Waals surface area contributed by atoms with Gasteiger partial charge in [0, 0.05) is 18.3 Å². The summed E-state index contributed by atoms with van der Waals surface area (Å²) in [6.07, 6.45) is 0.200. The topological polar surface area (TPSA) is 67.4 Å². The fourth-order valence-corrected chi connectivity index (χ4v) is 2.28. The molecule has 0 saturated carbocycles. The van der Waals surface area contributed by atoms with E-state index in [1.54, 1.807) is 31.2 Å². The molecule has 0 aliphatic heterocycles. The van der Waals surface area contributed by atoms with Gasteiger partial charge in [0.2, 0.25) is 5.91 Å². The van der Waals surface area contributed by atoms with Gasteiger partial charge in [-0.05, 0) is 43.2 Å². The third-order valence-electron chi connectivity index (χ3n) is 3.48. The van der Waals surface area contributed by atoms with E-state index in [0.717, 1.165) is 17.7 Å². The van der Waals surface area contributed by atoms with Crippen LogP contribution in [0, 0.1) is 0 Å². The Kier molecular flexibility index (Phi) is 5.95. The third-order valence-corrected chi connectivity index (χ3v) is 3.48. The predicted octanol–water partition coefficient (Wildman–Crippen LogP) is 3.61. The van der Waals surface area contributed by atoms with E-state index in [1.807, 2.05) is 31.2 Å². The van der Waals surface area contributed by atoms with Crippen molar-refractivity contribution in [3.05, 3.63) is 54.1 Å². The number of para-hydroxylation sites is 1. The summed E-state index contributed by atoms with van der Waals surface area (Å²) in [7, 11) is 0. The normalized spacial score (nSPS) is 11.5. The van der Waals surface area contributed by atoms with Gasteiger partial charge in [-0.15, -0.1) is 0 Å². The zero-order chi connectivity index (χ0) is 17.5. The quantitative estimate of drug-likeness (QED) is 0.852. The summed E-state index contributed by atoms with van der Waals surface area (Å²) >= 11 is 0. The summed E-state index contributed by atoms with van der Waals surface area (Å²) in [4.78, 5) is 23.4. The number of hydrogen-bond acceptors (Lipinski definition) is 3. The van der Waals surface area contributed by atoms with Crippen molar-refractivity contribution in [3.8, 4) is 5.75 Å². The van der Waals surface area contributed by atoms with Gasteiger partial charge >= 0.3 is 0 Å². The molecule has 2 aromatic rings.